The molecule has 1 saturated heterocycles. The normalized spacial score (nSPS) is 15.0. The van der Waals surface area contributed by atoms with Crippen molar-refractivity contribution < 1.29 is 22.7 Å². The fourth-order valence-corrected chi connectivity index (χ4v) is 4.91. The molecular formula is C23H27ClN2O5S. The van der Waals surface area contributed by atoms with Gasteiger partial charge in [-0.2, -0.15) is 4.31 Å². The molecule has 9 heteroatoms. The average molecular weight is 479 g/mol. The second kappa shape index (κ2) is 10.9. The van der Waals surface area contributed by atoms with E-state index in [-0.39, 0.29) is 10.8 Å². The molecule has 0 spiro atoms. The Balaban J connectivity index is 1.42. The molecule has 0 radical (unpaired) electrons. The zero-order chi connectivity index (χ0) is 23.1. The van der Waals surface area contributed by atoms with Gasteiger partial charge in [0.2, 0.25) is 10.0 Å². The van der Waals surface area contributed by atoms with Crippen molar-refractivity contribution in [1.29, 1.82) is 0 Å². The maximum absolute atomic E-state index is 12.5. The Morgan fingerprint density at radius 1 is 1.06 bits per heavy atom. The van der Waals surface area contributed by atoms with Crippen molar-refractivity contribution in [3.8, 4) is 0 Å². The predicted molar refractivity (Wildman–Crippen MR) is 122 cm³/mol. The molecule has 7 nitrogen and oxygen atoms in total. The topological polar surface area (TPSA) is 84.0 Å². The van der Waals surface area contributed by atoms with Crippen LogP contribution in [0.2, 0.25) is 5.02 Å². The number of benzene rings is 2. The van der Waals surface area contributed by atoms with E-state index in [0.29, 0.717) is 24.0 Å². The van der Waals surface area contributed by atoms with Crippen molar-refractivity contribution in [2.75, 3.05) is 33.3 Å². The van der Waals surface area contributed by atoms with Crippen LogP contribution in [-0.2, 0) is 30.8 Å². The lowest BCUT2D eigenvalue weighted by Gasteiger charge is -2.32. The molecule has 2 aromatic carbocycles. The van der Waals surface area contributed by atoms with E-state index in [1.165, 1.54) is 36.9 Å². The Morgan fingerprint density at radius 2 is 1.69 bits per heavy atom. The van der Waals surface area contributed by atoms with Gasteiger partial charge in [0, 0.05) is 25.2 Å². The van der Waals surface area contributed by atoms with Crippen molar-refractivity contribution in [2.45, 2.75) is 24.2 Å². The summed E-state index contributed by atoms with van der Waals surface area (Å²) in [6, 6.07) is 15.9. The van der Waals surface area contributed by atoms with Crippen molar-refractivity contribution in [3.05, 3.63) is 65.2 Å². The van der Waals surface area contributed by atoms with E-state index in [4.69, 9.17) is 16.3 Å². The Morgan fingerprint density at radius 3 is 2.31 bits per heavy atom. The van der Waals surface area contributed by atoms with Crippen LogP contribution >= 0.6 is 11.6 Å². The van der Waals surface area contributed by atoms with E-state index < -0.39 is 29.1 Å². The molecule has 0 N–H and O–H groups in total. The molecule has 0 bridgehead atoms. The number of piperidine rings is 1. The monoisotopic (exact) mass is 478 g/mol. The number of sulfonamides is 1. The van der Waals surface area contributed by atoms with Gasteiger partial charge in [0.15, 0.2) is 6.61 Å². The van der Waals surface area contributed by atoms with E-state index in [2.05, 4.69) is 12.1 Å². The van der Waals surface area contributed by atoms with Gasteiger partial charge >= 0.3 is 5.97 Å². The predicted octanol–water partition coefficient (Wildman–Crippen LogP) is 2.99. The molecule has 0 unspecified atom stereocenters. The maximum Gasteiger partial charge on any atom is 0.321 e. The molecule has 0 atom stereocenters. The third-order valence-corrected chi connectivity index (χ3v) is 7.63. The van der Waals surface area contributed by atoms with Gasteiger partial charge in [-0.15, -0.1) is 0 Å². The Bertz CT molecular complexity index is 1020. The summed E-state index contributed by atoms with van der Waals surface area (Å²) in [6.07, 6.45) is 2.79. The quantitative estimate of drug-likeness (QED) is 0.544. The highest BCUT2D eigenvalue weighted by Crippen LogP contribution is 2.22. The van der Waals surface area contributed by atoms with Gasteiger partial charge in [-0.25, -0.2) is 8.42 Å². The number of amides is 1. The highest BCUT2D eigenvalue weighted by Gasteiger charge is 2.26. The van der Waals surface area contributed by atoms with Gasteiger partial charge in [-0.1, -0.05) is 41.9 Å². The Hall–Kier alpha value is -2.42. The lowest BCUT2D eigenvalue weighted by Crippen LogP contribution is -2.41. The summed E-state index contributed by atoms with van der Waals surface area (Å²) in [5, 5.41) is 0.411. The SMILES string of the molecule is CN(CC(=O)OCC(=O)N1CCC(Cc2ccccc2)CC1)S(=O)(=O)c1ccc(Cl)cc1. The van der Waals surface area contributed by atoms with Crippen LogP contribution in [-0.4, -0.2) is 62.8 Å². The minimum Gasteiger partial charge on any atom is -0.455 e. The van der Waals surface area contributed by atoms with Crippen LogP contribution in [0.3, 0.4) is 0 Å². The molecule has 1 aliphatic rings. The largest absolute Gasteiger partial charge is 0.455 e. The van der Waals surface area contributed by atoms with Gasteiger partial charge in [0.25, 0.3) is 5.91 Å². The first-order valence-electron chi connectivity index (χ1n) is 10.4. The van der Waals surface area contributed by atoms with Crippen LogP contribution in [0.1, 0.15) is 18.4 Å². The van der Waals surface area contributed by atoms with Crippen molar-refractivity contribution in [2.24, 2.45) is 5.92 Å². The minimum absolute atomic E-state index is 0.0200. The van der Waals surface area contributed by atoms with Crippen LogP contribution in [0.4, 0.5) is 0 Å². The Labute approximate surface area is 194 Å². The molecule has 1 fully saturated rings. The van der Waals surface area contributed by atoms with E-state index in [1.54, 1.807) is 4.90 Å². The summed E-state index contributed by atoms with van der Waals surface area (Å²) < 4.78 is 31.0. The van der Waals surface area contributed by atoms with Crippen molar-refractivity contribution in [1.82, 2.24) is 9.21 Å². The molecule has 172 valence electrons. The second-order valence-corrected chi connectivity index (χ2v) is 10.4. The Kier molecular flexibility index (Phi) is 8.28. The number of carbonyl (C=O) groups is 2. The molecule has 1 heterocycles. The van der Waals surface area contributed by atoms with E-state index in [1.807, 2.05) is 18.2 Å². The number of nitrogens with zero attached hydrogens (tertiary/aromatic N) is 2. The summed E-state index contributed by atoms with van der Waals surface area (Å²) in [6.45, 7) is 0.367. The molecule has 1 amide bonds. The van der Waals surface area contributed by atoms with Gasteiger partial charge in [0.05, 0.1) is 4.90 Å². The number of esters is 1. The highest BCUT2D eigenvalue weighted by molar-refractivity contribution is 7.89. The summed E-state index contributed by atoms with van der Waals surface area (Å²) in [7, 11) is -2.58. The third-order valence-electron chi connectivity index (χ3n) is 5.56. The van der Waals surface area contributed by atoms with Crippen molar-refractivity contribution >= 4 is 33.5 Å². The maximum atomic E-state index is 12.5. The molecule has 2 aromatic rings. The lowest BCUT2D eigenvalue weighted by atomic mass is 9.90. The van der Waals surface area contributed by atoms with Crippen LogP contribution in [0.25, 0.3) is 0 Å². The van der Waals surface area contributed by atoms with E-state index in [9.17, 15) is 18.0 Å². The van der Waals surface area contributed by atoms with Crippen molar-refractivity contribution in [3.63, 3.8) is 0 Å². The van der Waals surface area contributed by atoms with Crippen LogP contribution in [0, 0.1) is 5.92 Å². The van der Waals surface area contributed by atoms with Crippen LogP contribution in [0.5, 0.6) is 0 Å². The van der Waals surface area contributed by atoms with E-state index in [0.717, 1.165) is 23.6 Å². The summed E-state index contributed by atoms with van der Waals surface area (Å²) in [5.41, 5.74) is 1.30. The van der Waals surface area contributed by atoms with Crippen LogP contribution in [0.15, 0.2) is 59.5 Å². The molecule has 3 rings (SSSR count). The molecule has 0 aliphatic carbocycles. The molecule has 1 aliphatic heterocycles. The number of likely N-dealkylation sites (tertiary alicyclic amines) is 1. The minimum atomic E-state index is -3.86. The van der Waals surface area contributed by atoms with Gasteiger partial charge in [-0.05, 0) is 55.0 Å². The first-order valence-corrected chi connectivity index (χ1v) is 12.3. The highest BCUT2D eigenvalue weighted by atomic mass is 35.5. The van der Waals surface area contributed by atoms with E-state index >= 15 is 0 Å². The number of rotatable bonds is 8. The second-order valence-electron chi connectivity index (χ2n) is 7.89. The number of halogens is 1. The first-order chi connectivity index (χ1) is 15.3. The molecule has 0 aromatic heterocycles. The smallest absolute Gasteiger partial charge is 0.321 e. The molecule has 32 heavy (non-hydrogen) atoms. The summed E-state index contributed by atoms with van der Waals surface area (Å²) in [4.78, 5) is 26.2. The standard InChI is InChI=1S/C23H27ClN2O5S/c1-25(32(29,30)21-9-7-20(24)8-10-21)16-23(28)31-17-22(27)26-13-11-19(12-14-26)15-18-5-3-2-4-6-18/h2-10,19H,11-17H2,1H3. The number of likely N-dealkylation sites (N-methyl/N-ethyl adjacent to an activating group) is 1. The number of carbonyl (C=O) groups excluding carboxylic acids is 2. The van der Waals surface area contributed by atoms with Crippen LogP contribution < -0.4 is 0 Å². The van der Waals surface area contributed by atoms with Gasteiger partial charge < -0.3 is 9.64 Å². The first kappa shape index (κ1) is 24.2. The number of hydrogen-bond acceptors (Lipinski definition) is 5. The molecular weight excluding hydrogens is 452 g/mol. The fourth-order valence-electron chi connectivity index (χ4n) is 3.67. The third kappa shape index (κ3) is 6.54. The lowest BCUT2D eigenvalue weighted by molar-refractivity contribution is -0.152. The summed E-state index contributed by atoms with van der Waals surface area (Å²) >= 11 is 5.79. The van der Waals surface area contributed by atoms with Gasteiger partial charge in [-0.3, -0.25) is 9.59 Å². The zero-order valence-electron chi connectivity index (χ0n) is 17.9. The number of ether oxygens (including phenoxy) is 1. The average Bonchev–Trinajstić information content (AvgIpc) is 2.79. The molecule has 0 saturated carbocycles. The zero-order valence-corrected chi connectivity index (χ0v) is 19.5. The summed E-state index contributed by atoms with van der Waals surface area (Å²) in [5.74, 6) is -0.521. The van der Waals surface area contributed by atoms with Gasteiger partial charge in [0.1, 0.15) is 6.54 Å². The number of hydrogen-bond donors (Lipinski definition) is 0. The fraction of sp³-hybridized carbons (Fsp3) is 0.391.